The standard InChI is InChI=1S/C15H12FN3O5/c1-9-12(6-11(18(21)22)7-14(9)19(23)24)15(20)17-8-10-4-2-3-5-13(10)16/h2-7H,8H2,1H3,(H,17,20). The van der Waals surface area contributed by atoms with Gasteiger partial charge in [-0.05, 0) is 13.0 Å². The Kier molecular flexibility index (Phi) is 4.83. The lowest BCUT2D eigenvalue weighted by Crippen LogP contribution is -2.24. The van der Waals surface area contributed by atoms with Gasteiger partial charge in [0, 0.05) is 23.7 Å². The molecule has 0 fully saturated rings. The van der Waals surface area contributed by atoms with Gasteiger partial charge in [0.1, 0.15) is 5.82 Å². The molecule has 1 N–H and O–H groups in total. The Labute approximate surface area is 135 Å². The SMILES string of the molecule is Cc1c(C(=O)NCc2ccccc2F)cc([N+](=O)[O-])cc1[N+](=O)[O-]. The Morgan fingerprint density at radius 1 is 1.17 bits per heavy atom. The number of halogens is 1. The molecule has 0 atom stereocenters. The van der Waals surface area contributed by atoms with Crippen LogP contribution in [0.3, 0.4) is 0 Å². The molecule has 8 nitrogen and oxygen atoms in total. The predicted octanol–water partition coefficient (Wildman–Crippen LogP) is 2.88. The molecule has 0 spiro atoms. The molecule has 0 aromatic heterocycles. The number of amides is 1. The number of nitrogens with one attached hydrogen (secondary N) is 1. The molecule has 0 saturated heterocycles. The minimum atomic E-state index is -0.819. The molecular formula is C15H12FN3O5. The van der Waals surface area contributed by atoms with Gasteiger partial charge in [-0.1, -0.05) is 18.2 Å². The molecule has 1 amide bonds. The summed E-state index contributed by atoms with van der Waals surface area (Å²) in [5.41, 5.74) is -1.07. The highest BCUT2D eigenvalue weighted by molar-refractivity contribution is 5.97. The molecule has 2 aromatic rings. The summed E-state index contributed by atoms with van der Waals surface area (Å²) >= 11 is 0. The average molecular weight is 333 g/mol. The first-order chi connectivity index (χ1) is 11.3. The Morgan fingerprint density at radius 3 is 2.42 bits per heavy atom. The van der Waals surface area contributed by atoms with Crippen LogP contribution in [0.25, 0.3) is 0 Å². The van der Waals surface area contributed by atoms with Crippen molar-refractivity contribution in [2.75, 3.05) is 0 Å². The molecule has 0 bridgehead atoms. The molecule has 2 rings (SSSR count). The minimum Gasteiger partial charge on any atom is -0.348 e. The summed E-state index contributed by atoms with van der Waals surface area (Å²) in [4.78, 5) is 32.5. The third-order valence-corrected chi connectivity index (χ3v) is 3.41. The van der Waals surface area contributed by atoms with Crippen molar-refractivity contribution in [1.82, 2.24) is 5.32 Å². The van der Waals surface area contributed by atoms with Crippen LogP contribution in [0.15, 0.2) is 36.4 Å². The second-order valence-corrected chi connectivity index (χ2v) is 4.93. The van der Waals surface area contributed by atoms with E-state index in [0.717, 1.165) is 12.1 Å². The molecule has 2 aromatic carbocycles. The van der Waals surface area contributed by atoms with Gasteiger partial charge < -0.3 is 5.32 Å². The molecule has 0 radical (unpaired) electrons. The van der Waals surface area contributed by atoms with Gasteiger partial charge in [0.05, 0.1) is 21.5 Å². The first-order valence-electron chi connectivity index (χ1n) is 6.76. The van der Waals surface area contributed by atoms with Crippen LogP contribution >= 0.6 is 0 Å². The molecule has 9 heteroatoms. The van der Waals surface area contributed by atoms with Gasteiger partial charge in [0.25, 0.3) is 17.3 Å². The first-order valence-corrected chi connectivity index (χ1v) is 6.76. The number of carbonyl (C=O) groups is 1. The number of hydrogen-bond acceptors (Lipinski definition) is 5. The van der Waals surface area contributed by atoms with E-state index in [1.807, 2.05) is 0 Å². The van der Waals surface area contributed by atoms with Gasteiger partial charge in [-0.15, -0.1) is 0 Å². The van der Waals surface area contributed by atoms with E-state index in [2.05, 4.69) is 5.32 Å². The lowest BCUT2D eigenvalue weighted by molar-refractivity contribution is -0.394. The predicted molar refractivity (Wildman–Crippen MR) is 82.1 cm³/mol. The second-order valence-electron chi connectivity index (χ2n) is 4.93. The summed E-state index contributed by atoms with van der Waals surface area (Å²) in [7, 11) is 0. The van der Waals surface area contributed by atoms with Crippen LogP contribution in [0.1, 0.15) is 21.5 Å². The molecule has 0 saturated carbocycles. The third-order valence-electron chi connectivity index (χ3n) is 3.41. The fourth-order valence-electron chi connectivity index (χ4n) is 2.13. The minimum absolute atomic E-state index is 0.00312. The molecule has 0 heterocycles. The molecule has 24 heavy (non-hydrogen) atoms. The maximum atomic E-state index is 13.5. The number of benzene rings is 2. The van der Waals surface area contributed by atoms with Gasteiger partial charge in [-0.25, -0.2) is 4.39 Å². The van der Waals surface area contributed by atoms with Gasteiger partial charge in [0.2, 0.25) is 0 Å². The van der Waals surface area contributed by atoms with Crippen LogP contribution in [0.2, 0.25) is 0 Å². The van der Waals surface area contributed by atoms with Crippen molar-refractivity contribution in [2.45, 2.75) is 13.5 Å². The van der Waals surface area contributed by atoms with Gasteiger partial charge in [-0.3, -0.25) is 25.0 Å². The smallest absolute Gasteiger partial charge is 0.279 e. The largest absolute Gasteiger partial charge is 0.348 e. The van der Waals surface area contributed by atoms with E-state index in [1.165, 1.54) is 25.1 Å². The molecular weight excluding hydrogens is 321 g/mol. The lowest BCUT2D eigenvalue weighted by Gasteiger charge is -2.09. The van der Waals surface area contributed by atoms with Crippen LogP contribution in [-0.2, 0) is 6.54 Å². The highest BCUT2D eigenvalue weighted by Crippen LogP contribution is 2.28. The summed E-state index contributed by atoms with van der Waals surface area (Å²) in [5.74, 6) is -1.28. The first kappa shape index (κ1) is 17.0. The van der Waals surface area contributed by atoms with E-state index < -0.39 is 32.9 Å². The van der Waals surface area contributed by atoms with Crippen molar-refractivity contribution in [2.24, 2.45) is 0 Å². The van der Waals surface area contributed by atoms with Crippen LogP contribution in [0.4, 0.5) is 15.8 Å². The van der Waals surface area contributed by atoms with E-state index in [-0.39, 0.29) is 23.2 Å². The normalized spacial score (nSPS) is 10.2. The Hall–Kier alpha value is -3.36. The van der Waals surface area contributed by atoms with Crippen molar-refractivity contribution in [3.63, 3.8) is 0 Å². The summed E-state index contributed by atoms with van der Waals surface area (Å²) in [5, 5.41) is 24.3. The van der Waals surface area contributed by atoms with Crippen molar-refractivity contribution in [3.05, 3.63) is 79.1 Å². The van der Waals surface area contributed by atoms with E-state index in [0.29, 0.717) is 0 Å². The van der Waals surface area contributed by atoms with E-state index in [9.17, 15) is 29.4 Å². The number of nitro groups is 2. The van der Waals surface area contributed by atoms with E-state index >= 15 is 0 Å². The Balaban J connectivity index is 2.33. The Bertz CT molecular complexity index is 838. The maximum absolute atomic E-state index is 13.5. The second kappa shape index (κ2) is 6.82. The maximum Gasteiger partial charge on any atom is 0.279 e. The van der Waals surface area contributed by atoms with Crippen molar-refractivity contribution >= 4 is 17.3 Å². The van der Waals surface area contributed by atoms with Crippen LogP contribution in [0.5, 0.6) is 0 Å². The van der Waals surface area contributed by atoms with Crippen molar-refractivity contribution in [3.8, 4) is 0 Å². The average Bonchev–Trinajstić information content (AvgIpc) is 2.53. The van der Waals surface area contributed by atoms with E-state index in [1.54, 1.807) is 6.07 Å². The zero-order valence-electron chi connectivity index (χ0n) is 12.5. The molecule has 0 aliphatic heterocycles. The summed E-state index contributed by atoms with van der Waals surface area (Å²) in [6.45, 7) is 1.17. The van der Waals surface area contributed by atoms with Gasteiger partial charge in [-0.2, -0.15) is 0 Å². The summed E-state index contributed by atoms with van der Waals surface area (Å²) in [6.07, 6.45) is 0. The highest BCUT2D eigenvalue weighted by Gasteiger charge is 2.24. The monoisotopic (exact) mass is 333 g/mol. The molecule has 0 aliphatic carbocycles. The number of non-ortho nitro benzene ring substituents is 1. The van der Waals surface area contributed by atoms with Crippen LogP contribution < -0.4 is 5.32 Å². The van der Waals surface area contributed by atoms with E-state index in [4.69, 9.17) is 0 Å². The van der Waals surface area contributed by atoms with Crippen LogP contribution in [-0.4, -0.2) is 15.8 Å². The zero-order valence-corrected chi connectivity index (χ0v) is 12.5. The van der Waals surface area contributed by atoms with Crippen LogP contribution in [0, 0.1) is 33.0 Å². The third kappa shape index (κ3) is 3.51. The fourth-order valence-corrected chi connectivity index (χ4v) is 2.13. The molecule has 0 aliphatic rings. The number of nitrogens with zero attached hydrogens (tertiary/aromatic N) is 2. The zero-order chi connectivity index (χ0) is 17.9. The highest BCUT2D eigenvalue weighted by atomic mass is 19.1. The summed E-state index contributed by atoms with van der Waals surface area (Å²) in [6, 6.07) is 7.54. The fraction of sp³-hybridized carbons (Fsp3) is 0.133. The number of carbonyl (C=O) groups excluding carboxylic acids is 1. The van der Waals surface area contributed by atoms with Crippen molar-refractivity contribution in [1.29, 1.82) is 0 Å². The number of rotatable bonds is 5. The number of nitro benzene ring substituents is 2. The van der Waals surface area contributed by atoms with Gasteiger partial charge >= 0.3 is 0 Å². The van der Waals surface area contributed by atoms with Gasteiger partial charge in [0.15, 0.2) is 0 Å². The molecule has 0 unspecified atom stereocenters. The topological polar surface area (TPSA) is 115 Å². The van der Waals surface area contributed by atoms with Crippen molar-refractivity contribution < 1.29 is 19.0 Å². The Morgan fingerprint density at radius 2 is 1.83 bits per heavy atom. The molecule has 124 valence electrons. The lowest BCUT2D eigenvalue weighted by atomic mass is 10.0. The number of hydrogen-bond donors (Lipinski definition) is 1. The quantitative estimate of drug-likeness (QED) is 0.667. The summed E-state index contributed by atoms with van der Waals surface area (Å²) < 4.78 is 13.5.